The van der Waals surface area contributed by atoms with Crippen molar-refractivity contribution in [2.75, 3.05) is 4.90 Å². The number of alkyl halides is 1. The summed E-state index contributed by atoms with van der Waals surface area (Å²) in [7, 11) is 0. The van der Waals surface area contributed by atoms with E-state index in [2.05, 4.69) is 193 Å². The van der Waals surface area contributed by atoms with Gasteiger partial charge in [-0.05, 0) is 141 Å². The number of nitrogens with zero attached hydrogens (tertiary/aromatic N) is 2. The molecule has 5 heteroatoms. The predicted molar refractivity (Wildman–Crippen MR) is 299 cm³/mol. The summed E-state index contributed by atoms with van der Waals surface area (Å²) in [6.07, 6.45) is 4.70. The van der Waals surface area contributed by atoms with Crippen molar-refractivity contribution in [3.05, 3.63) is 264 Å². The Balaban J connectivity index is 1.06. The summed E-state index contributed by atoms with van der Waals surface area (Å²) in [5.41, 5.74) is 17.7. The number of aryl methyl sites for hydroxylation is 1. The number of rotatable bonds is 13. The first-order valence-corrected chi connectivity index (χ1v) is 24.9. The largest absolute Gasteiger partial charge is 0.457 e. The number of fused-ring (bicyclic) bond motifs is 3. The second-order valence-electron chi connectivity index (χ2n) is 17.5. The lowest BCUT2D eigenvalue weighted by Gasteiger charge is -2.28. The van der Waals surface area contributed by atoms with E-state index in [0.29, 0.717) is 3.92 Å². The van der Waals surface area contributed by atoms with Gasteiger partial charge in [0.2, 0.25) is 0 Å². The van der Waals surface area contributed by atoms with Gasteiger partial charge in [0.25, 0.3) is 0 Å². The number of nitrogens with one attached hydrogen (secondary N) is 1. The minimum atomic E-state index is 0.252. The van der Waals surface area contributed by atoms with Gasteiger partial charge < -0.3 is 9.64 Å². The maximum atomic E-state index is 9.21. The molecular formula is C64H52IN3O. The van der Waals surface area contributed by atoms with Crippen LogP contribution < -0.4 is 9.64 Å². The van der Waals surface area contributed by atoms with Crippen molar-refractivity contribution >= 4 is 57.3 Å². The zero-order chi connectivity index (χ0) is 47.1. The first-order chi connectivity index (χ1) is 33.9. The summed E-state index contributed by atoms with van der Waals surface area (Å²) in [5.74, 6) is 2.08. The van der Waals surface area contributed by atoms with Crippen LogP contribution in [0.15, 0.2) is 236 Å². The van der Waals surface area contributed by atoms with Crippen LogP contribution in [0.1, 0.15) is 59.1 Å². The van der Waals surface area contributed by atoms with Gasteiger partial charge in [-0.3, -0.25) is 5.41 Å². The summed E-state index contributed by atoms with van der Waals surface area (Å²) >= 11 is 2.44. The van der Waals surface area contributed by atoms with Crippen LogP contribution in [0.2, 0.25) is 0 Å². The molecule has 0 aromatic heterocycles. The first-order valence-electron chi connectivity index (χ1n) is 23.6. The van der Waals surface area contributed by atoms with Gasteiger partial charge in [-0.15, -0.1) is 0 Å². The topological polar surface area (TPSA) is 48.7 Å². The Kier molecular flexibility index (Phi) is 13.6. The zero-order valence-corrected chi connectivity index (χ0v) is 40.8. The van der Waals surface area contributed by atoms with Crippen LogP contribution >= 0.6 is 22.6 Å². The van der Waals surface area contributed by atoms with Gasteiger partial charge in [0.15, 0.2) is 5.84 Å². The fourth-order valence-corrected chi connectivity index (χ4v) is 10.2. The molecule has 10 rings (SSSR count). The van der Waals surface area contributed by atoms with E-state index in [4.69, 9.17) is 9.73 Å². The van der Waals surface area contributed by atoms with Gasteiger partial charge in [-0.1, -0.05) is 200 Å². The van der Waals surface area contributed by atoms with Crippen LogP contribution in [0.5, 0.6) is 11.5 Å². The van der Waals surface area contributed by atoms with E-state index in [-0.39, 0.29) is 11.8 Å². The van der Waals surface area contributed by atoms with E-state index in [1.807, 2.05) is 78.9 Å². The Labute approximate surface area is 420 Å². The number of para-hydroxylation sites is 1. The lowest BCUT2D eigenvalue weighted by atomic mass is 9.85. The van der Waals surface area contributed by atoms with E-state index in [9.17, 15) is 5.41 Å². The van der Waals surface area contributed by atoms with Gasteiger partial charge in [-0.2, -0.15) is 0 Å². The van der Waals surface area contributed by atoms with E-state index in [1.54, 1.807) is 0 Å². The Morgan fingerprint density at radius 3 is 1.91 bits per heavy atom. The van der Waals surface area contributed by atoms with Crippen molar-refractivity contribution in [2.45, 2.75) is 36.0 Å². The van der Waals surface area contributed by atoms with Gasteiger partial charge in [0.1, 0.15) is 11.5 Å². The molecule has 0 fully saturated rings. The van der Waals surface area contributed by atoms with E-state index in [0.717, 1.165) is 92.5 Å². The lowest BCUT2D eigenvalue weighted by Crippen LogP contribution is -2.11. The maximum absolute atomic E-state index is 9.21. The molecule has 0 saturated heterocycles. The van der Waals surface area contributed by atoms with Gasteiger partial charge >= 0.3 is 0 Å². The molecule has 4 nitrogen and oxygen atoms in total. The van der Waals surface area contributed by atoms with Crippen LogP contribution in [0.4, 0.5) is 17.1 Å². The average molecular weight is 1010 g/mol. The SMILES string of the molecule is C=Cc1cc(N(c2ccc(Oc3ccccc3)cc2)c2cccc(-c3ccccc3-c3cccc(C(=N)/N=C(\C[C@@H](C)I)c4ccccc4)c3)c2)cc2c1-c1ccccc1C(c1ccccc1)CC2. The molecule has 9 aromatic carbocycles. The number of hydrogen-bond acceptors (Lipinski definition) is 3. The Bertz CT molecular complexity index is 3290. The molecule has 1 N–H and O–H groups in total. The number of anilines is 3. The number of benzene rings is 9. The number of aliphatic imine (C=N–C) groups is 1. The van der Waals surface area contributed by atoms with Gasteiger partial charge in [0, 0.05) is 38.9 Å². The molecule has 1 aliphatic carbocycles. The van der Waals surface area contributed by atoms with Crippen molar-refractivity contribution in [1.29, 1.82) is 5.41 Å². The smallest absolute Gasteiger partial charge is 0.152 e. The van der Waals surface area contributed by atoms with Gasteiger partial charge in [-0.25, -0.2) is 4.99 Å². The molecule has 0 bridgehead atoms. The molecule has 9 aromatic rings. The molecule has 2 atom stereocenters. The molecular weight excluding hydrogens is 954 g/mol. The molecule has 1 unspecified atom stereocenters. The third-order valence-electron chi connectivity index (χ3n) is 12.9. The maximum Gasteiger partial charge on any atom is 0.152 e. The second kappa shape index (κ2) is 20.7. The minimum absolute atomic E-state index is 0.252. The number of hydrogen-bond donors (Lipinski definition) is 1. The summed E-state index contributed by atoms with van der Waals surface area (Å²) in [6, 6.07) is 78.7. The molecule has 0 heterocycles. The molecule has 1 aliphatic rings. The van der Waals surface area contributed by atoms with Gasteiger partial charge in [0.05, 0.1) is 5.71 Å². The summed E-state index contributed by atoms with van der Waals surface area (Å²) in [5, 5.41) is 9.21. The summed E-state index contributed by atoms with van der Waals surface area (Å²) in [4.78, 5) is 7.30. The number of ether oxygens (including phenoxy) is 1. The molecule has 69 heavy (non-hydrogen) atoms. The third-order valence-corrected chi connectivity index (χ3v) is 13.4. The molecule has 336 valence electrons. The van der Waals surface area contributed by atoms with Crippen LogP contribution in [0.3, 0.4) is 0 Å². The van der Waals surface area contributed by atoms with Crippen molar-refractivity contribution in [2.24, 2.45) is 4.99 Å². The van der Waals surface area contributed by atoms with Crippen molar-refractivity contribution in [1.82, 2.24) is 0 Å². The molecule has 0 spiro atoms. The third kappa shape index (κ3) is 10.0. The fraction of sp³-hybridized carbons (Fsp3) is 0.0938. The summed E-state index contributed by atoms with van der Waals surface area (Å²) < 4.78 is 6.66. The second-order valence-corrected chi connectivity index (χ2v) is 19.7. The molecule has 0 aliphatic heterocycles. The monoisotopic (exact) mass is 1010 g/mol. The highest BCUT2D eigenvalue weighted by molar-refractivity contribution is 14.1. The van der Waals surface area contributed by atoms with E-state index < -0.39 is 0 Å². The highest BCUT2D eigenvalue weighted by atomic mass is 127. The van der Waals surface area contributed by atoms with Crippen molar-refractivity contribution in [3.63, 3.8) is 0 Å². The van der Waals surface area contributed by atoms with E-state index >= 15 is 0 Å². The first kappa shape index (κ1) is 45.2. The summed E-state index contributed by atoms with van der Waals surface area (Å²) in [6.45, 7) is 6.59. The van der Waals surface area contributed by atoms with Crippen LogP contribution in [0, 0.1) is 5.41 Å². The standard InChI is InChI=1S/C64H52IN3O/c1-3-45-41-54(43-50-33-38-59(46-19-7-4-8-20-46)60-31-15-16-32-61(60)63(45)50)68(52-34-36-56(37-35-52)69-55-27-11-6-12-28-55)53-26-18-24-49(42-53)58-30-14-13-29-57(58)48-23-17-25-51(40-48)64(66)67-62(39-44(2)65)47-21-9-5-10-22-47/h3-32,34-37,40-44,59,66H,1,33,38-39H2,2H3/b66-64?,67-62+/t44-,59?/m1/s1. The lowest BCUT2D eigenvalue weighted by molar-refractivity contribution is 0.483. The molecule has 0 saturated carbocycles. The molecule has 0 amide bonds. The number of amidine groups is 1. The number of halogens is 1. The normalized spacial score (nSPS) is 13.6. The van der Waals surface area contributed by atoms with Crippen LogP contribution in [-0.4, -0.2) is 15.5 Å². The Morgan fingerprint density at radius 1 is 0.623 bits per heavy atom. The van der Waals surface area contributed by atoms with Crippen LogP contribution in [0.25, 0.3) is 39.5 Å². The van der Waals surface area contributed by atoms with Crippen molar-refractivity contribution < 1.29 is 4.74 Å². The highest BCUT2D eigenvalue weighted by Crippen LogP contribution is 2.47. The molecule has 0 radical (unpaired) electrons. The highest BCUT2D eigenvalue weighted by Gasteiger charge is 2.27. The van der Waals surface area contributed by atoms with Crippen molar-refractivity contribution in [3.8, 4) is 44.9 Å². The minimum Gasteiger partial charge on any atom is -0.457 e. The average Bonchev–Trinajstić information content (AvgIpc) is 3.57. The Hall–Kier alpha value is -7.61. The van der Waals surface area contributed by atoms with Crippen LogP contribution in [-0.2, 0) is 6.42 Å². The Morgan fingerprint density at radius 2 is 1.22 bits per heavy atom. The predicted octanol–water partition coefficient (Wildman–Crippen LogP) is 17.7. The zero-order valence-electron chi connectivity index (χ0n) is 38.6. The quantitative estimate of drug-likeness (QED) is 0.0541. The fourth-order valence-electron chi connectivity index (χ4n) is 9.73. The van der Waals surface area contributed by atoms with E-state index in [1.165, 1.54) is 27.8 Å².